The molecule has 0 atom stereocenters. The average Bonchev–Trinajstić information content (AvgIpc) is 2.96. The van der Waals surface area contributed by atoms with Crippen molar-refractivity contribution >= 4 is 16.9 Å². The molecule has 0 saturated carbocycles. The van der Waals surface area contributed by atoms with E-state index in [1.54, 1.807) is 6.33 Å². The highest BCUT2D eigenvalue weighted by molar-refractivity contribution is 5.76. The highest BCUT2D eigenvalue weighted by atomic mass is 19.4. The van der Waals surface area contributed by atoms with Gasteiger partial charge in [-0.2, -0.15) is 13.2 Å². The lowest BCUT2D eigenvalue weighted by molar-refractivity contribution is -0.141. The van der Waals surface area contributed by atoms with Crippen LogP contribution in [0.3, 0.4) is 0 Å². The number of hydrogen-bond donors (Lipinski definition) is 1. The van der Waals surface area contributed by atoms with E-state index < -0.39 is 11.9 Å². The summed E-state index contributed by atoms with van der Waals surface area (Å²) in [4.78, 5) is 4.35. The molecule has 0 aliphatic rings. The third-order valence-corrected chi connectivity index (χ3v) is 3.62. The predicted molar refractivity (Wildman–Crippen MR) is 84.5 cm³/mol. The zero-order valence-electron chi connectivity index (χ0n) is 13.2. The van der Waals surface area contributed by atoms with Gasteiger partial charge in [0.1, 0.15) is 5.82 Å². The number of imidazole rings is 1. The van der Waals surface area contributed by atoms with Crippen LogP contribution in [0.4, 0.5) is 19.0 Å². The molecule has 1 N–H and O–H groups in total. The number of fused-ring (bicyclic) bond motifs is 1. The lowest BCUT2D eigenvalue weighted by Crippen LogP contribution is -2.10. The number of rotatable bonds is 4. The van der Waals surface area contributed by atoms with E-state index in [9.17, 15) is 13.2 Å². The van der Waals surface area contributed by atoms with E-state index in [1.807, 2.05) is 18.2 Å². The fourth-order valence-corrected chi connectivity index (χ4v) is 2.36. The average molecular weight is 335 g/mol. The Hall–Kier alpha value is -2.64. The smallest absolute Gasteiger partial charge is 0.365 e. The minimum absolute atomic E-state index is 0.291. The van der Waals surface area contributed by atoms with Gasteiger partial charge in [-0.1, -0.05) is 6.07 Å². The quantitative estimate of drug-likeness (QED) is 0.782. The van der Waals surface area contributed by atoms with E-state index in [4.69, 9.17) is 0 Å². The SMILES string of the molecule is CC(C)n1cnc2ccc(CNc3ccc(C(F)(F)F)nn3)cc21. The summed E-state index contributed by atoms with van der Waals surface area (Å²) < 4.78 is 39.4. The van der Waals surface area contributed by atoms with Gasteiger partial charge in [-0.15, -0.1) is 10.2 Å². The van der Waals surface area contributed by atoms with Crippen LogP contribution in [0.15, 0.2) is 36.7 Å². The second-order valence-electron chi connectivity index (χ2n) is 5.72. The van der Waals surface area contributed by atoms with Crippen molar-refractivity contribution in [1.29, 1.82) is 0 Å². The maximum Gasteiger partial charge on any atom is 0.435 e. The van der Waals surface area contributed by atoms with Gasteiger partial charge in [-0.25, -0.2) is 4.98 Å². The van der Waals surface area contributed by atoms with E-state index in [0.717, 1.165) is 22.7 Å². The molecule has 1 aromatic carbocycles. The summed E-state index contributed by atoms with van der Waals surface area (Å²) in [6.07, 6.45) is -2.68. The fraction of sp³-hybridized carbons (Fsp3) is 0.312. The topological polar surface area (TPSA) is 55.6 Å². The zero-order valence-corrected chi connectivity index (χ0v) is 13.2. The van der Waals surface area contributed by atoms with Gasteiger partial charge in [0, 0.05) is 12.6 Å². The lowest BCUT2D eigenvalue weighted by Gasteiger charge is -2.10. The van der Waals surface area contributed by atoms with E-state index >= 15 is 0 Å². The molecule has 3 aromatic rings. The van der Waals surface area contributed by atoms with E-state index in [2.05, 4.69) is 38.9 Å². The number of hydrogen-bond acceptors (Lipinski definition) is 4. The van der Waals surface area contributed by atoms with Gasteiger partial charge < -0.3 is 9.88 Å². The molecule has 0 unspecified atom stereocenters. The largest absolute Gasteiger partial charge is 0.435 e. The molecule has 0 spiro atoms. The van der Waals surface area contributed by atoms with Gasteiger partial charge in [0.15, 0.2) is 5.69 Å². The summed E-state index contributed by atoms with van der Waals surface area (Å²) in [5.74, 6) is 0.292. The minimum Gasteiger partial charge on any atom is -0.365 e. The molecule has 8 heteroatoms. The first-order valence-corrected chi connectivity index (χ1v) is 7.45. The summed E-state index contributed by atoms with van der Waals surface area (Å²) in [6.45, 7) is 4.58. The molecule has 0 bridgehead atoms. The molecule has 24 heavy (non-hydrogen) atoms. The van der Waals surface area contributed by atoms with E-state index in [-0.39, 0.29) is 0 Å². The van der Waals surface area contributed by atoms with Crippen molar-refractivity contribution in [3.05, 3.63) is 47.9 Å². The number of alkyl halides is 3. The number of halogens is 3. The van der Waals surface area contributed by atoms with Crippen LogP contribution in [0, 0.1) is 0 Å². The Balaban J connectivity index is 1.74. The molecule has 126 valence electrons. The minimum atomic E-state index is -4.48. The van der Waals surface area contributed by atoms with Gasteiger partial charge in [0.05, 0.1) is 17.4 Å². The molecule has 0 aliphatic carbocycles. The van der Waals surface area contributed by atoms with Crippen LogP contribution in [0.2, 0.25) is 0 Å². The van der Waals surface area contributed by atoms with Crippen molar-refractivity contribution in [3.63, 3.8) is 0 Å². The van der Waals surface area contributed by atoms with Crippen LogP contribution >= 0.6 is 0 Å². The zero-order chi connectivity index (χ0) is 17.3. The number of benzene rings is 1. The summed E-state index contributed by atoms with van der Waals surface area (Å²) in [5, 5.41) is 9.72. The normalized spacial score (nSPS) is 12.1. The van der Waals surface area contributed by atoms with Crippen LogP contribution in [-0.4, -0.2) is 19.7 Å². The van der Waals surface area contributed by atoms with Crippen molar-refractivity contribution in [3.8, 4) is 0 Å². The maximum atomic E-state index is 12.5. The molecule has 0 amide bonds. The van der Waals surface area contributed by atoms with Crippen molar-refractivity contribution < 1.29 is 13.2 Å². The molecule has 3 rings (SSSR count). The highest BCUT2D eigenvalue weighted by Gasteiger charge is 2.32. The Morgan fingerprint density at radius 3 is 2.54 bits per heavy atom. The van der Waals surface area contributed by atoms with Crippen LogP contribution < -0.4 is 5.32 Å². The van der Waals surface area contributed by atoms with Crippen LogP contribution in [-0.2, 0) is 12.7 Å². The first-order chi connectivity index (χ1) is 11.3. The first-order valence-electron chi connectivity index (χ1n) is 7.45. The molecule has 2 aromatic heterocycles. The van der Waals surface area contributed by atoms with Crippen molar-refractivity contribution in [2.75, 3.05) is 5.32 Å². The second-order valence-corrected chi connectivity index (χ2v) is 5.72. The molecule has 2 heterocycles. The monoisotopic (exact) mass is 335 g/mol. The number of aromatic nitrogens is 4. The van der Waals surface area contributed by atoms with Crippen LogP contribution in [0.5, 0.6) is 0 Å². The van der Waals surface area contributed by atoms with Gasteiger partial charge >= 0.3 is 6.18 Å². The highest BCUT2D eigenvalue weighted by Crippen LogP contribution is 2.27. The molecule has 0 fully saturated rings. The number of anilines is 1. The molecule has 0 radical (unpaired) electrons. The second kappa shape index (κ2) is 6.10. The molecular weight excluding hydrogens is 319 g/mol. The van der Waals surface area contributed by atoms with E-state index in [0.29, 0.717) is 18.4 Å². The lowest BCUT2D eigenvalue weighted by atomic mass is 10.2. The molecule has 5 nitrogen and oxygen atoms in total. The van der Waals surface area contributed by atoms with Crippen LogP contribution in [0.25, 0.3) is 11.0 Å². The predicted octanol–water partition coefficient (Wildman–Crippen LogP) is 4.04. The Morgan fingerprint density at radius 2 is 1.92 bits per heavy atom. The third kappa shape index (κ3) is 3.32. The van der Waals surface area contributed by atoms with Gasteiger partial charge in [0.2, 0.25) is 0 Å². The van der Waals surface area contributed by atoms with Gasteiger partial charge in [-0.3, -0.25) is 0 Å². The Kier molecular flexibility index (Phi) is 4.13. The number of nitrogens with one attached hydrogen (secondary N) is 1. The fourth-order valence-electron chi connectivity index (χ4n) is 2.36. The molecule has 0 saturated heterocycles. The van der Waals surface area contributed by atoms with Gasteiger partial charge in [0.25, 0.3) is 0 Å². The summed E-state index contributed by atoms with van der Waals surface area (Å²) in [5.41, 5.74) is 1.89. The summed E-state index contributed by atoms with van der Waals surface area (Å²) in [7, 11) is 0. The molecule has 0 aliphatic heterocycles. The van der Waals surface area contributed by atoms with Crippen molar-refractivity contribution in [1.82, 2.24) is 19.7 Å². The Morgan fingerprint density at radius 1 is 1.12 bits per heavy atom. The molecular formula is C16H16F3N5. The van der Waals surface area contributed by atoms with Crippen molar-refractivity contribution in [2.24, 2.45) is 0 Å². The first kappa shape index (κ1) is 16.2. The standard InChI is InChI=1S/C16H16F3N5/c1-10(2)24-9-21-12-4-3-11(7-13(12)24)8-20-15-6-5-14(22-23-15)16(17,18)19/h3-7,9-10H,8H2,1-2H3,(H,20,23). The number of nitrogens with zero attached hydrogens (tertiary/aromatic N) is 4. The summed E-state index contributed by atoms with van der Waals surface area (Å²) in [6, 6.07) is 8.32. The van der Waals surface area contributed by atoms with E-state index in [1.165, 1.54) is 6.07 Å². The Bertz CT molecular complexity index is 837. The van der Waals surface area contributed by atoms with Crippen molar-refractivity contribution in [2.45, 2.75) is 32.6 Å². The van der Waals surface area contributed by atoms with Gasteiger partial charge in [-0.05, 0) is 43.7 Å². The summed E-state index contributed by atoms with van der Waals surface area (Å²) >= 11 is 0. The Labute approximate surface area is 136 Å². The maximum absolute atomic E-state index is 12.5. The third-order valence-electron chi connectivity index (χ3n) is 3.62. The van der Waals surface area contributed by atoms with Crippen LogP contribution in [0.1, 0.15) is 31.1 Å².